The fourth-order valence-electron chi connectivity index (χ4n) is 2.65. The second-order valence-corrected chi connectivity index (χ2v) is 6.87. The molecule has 2 aromatic carbocycles. The summed E-state index contributed by atoms with van der Waals surface area (Å²) in [6.07, 6.45) is 0.596. The van der Waals surface area contributed by atoms with E-state index >= 15 is 0 Å². The van der Waals surface area contributed by atoms with E-state index in [2.05, 4.69) is 0 Å². The zero-order chi connectivity index (χ0) is 15.2. The highest BCUT2D eigenvalue weighted by molar-refractivity contribution is 7.92. The molecule has 21 heavy (non-hydrogen) atoms. The minimum Gasteiger partial charge on any atom is -0.263 e. The van der Waals surface area contributed by atoms with Crippen molar-refractivity contribution in [2.24, 2.45) is 0 Å². The van der Waals surface area contributed by atoms with Gasteiger partial charge in [-0.05, 0) is 43.2 Å². The van der Waals surface area contributed by atoms with Crippen molar-refractivity contribution >= 4 is 15.7 Å². The van der Waals surface area contributed by atoms with Gasteiger partial charge in [0.05, 0.1) is 10.6 Å². The molecule has 1 aliphatic rings. The highest BCUT2D eigenvalue weighted by atomic mass is 32.2. The van der Waals surface area contributed by atoms with Crippen molar-refractivity contribution in [2.75, 3.05) is 4.31 Å². The Labute approximate surface area is 121 Å². The van der Waals surface area contributed by atoms with E-state index in [0.29, 0.717) is 12.1 Å². The first kappa shape index (κ1) is 14.0. The molecule has 0 amide bonds. The summed E-state index contributed by atoms with van der Waals surface area (Å²) in [6.45, 7) is 1.79. The summed E-state index contributed by atoms with van der Waals surface area (Å²) in [4.78, 5) is -0.245. The van der Waals surface area contributed by atoms with Crippen molar-refractivity contribution in [3.05, 3.63) is 59.7 Å². The second kappa shape index (κ2) is 4.80. The first-order valence-corrected chi connectivity index (χ1v) is 7.92. The van der Waals surface area contributed by atoms with Crippen LogP contribution in [0, 0.1) is 11.6 Å². The Hall–Kier alpha value is -1.95. The van der Waals surface area contributed by atoms with Gasteiger partial charge in [-0.25, -0.2) is 17.2 Å². The molecule has 3 rings (SSSR count). The van der Waals surface area contributed by atoms with Gasteiger partial charge in [0.25, 0.3) is 10.0 Å². The number of fused-ring (bicyclic) bond motifs is 1. The molecule has 0 fully saturated rings. The van der Waals surface area contributed by atoms with E-state index in [4.69, 9.17) is 0 Å². The number of rotatable bonds is 2. The zero-order valence-electron chi connectivity index (χ0n) is 11.3. The fourth-order valence-corrected chi connectivity index (χ4v) is 4.36. The highest BCUT2D eigenvalue weighted by Crippen LogP contribution is 2.36. The summed E-state index contributed by atoms with van der Waals surface area (Å²) in [7, 11) is -3.91. The molecule has 2 aromatic rings. The molecule has 1 unspecified atom stereocenters. The van der Waals surface area contributed by atoms with Crippen LogP contribution in [0.25, 0.3) is 0 Å². The van der Waals surface area contributed by atoms with Gasteiger partial charge in [-0.2, -0.15) is 0 Å². The predicted molar refractivity (Wildman–Crippen MR) is 75.6 cm³/mol. The Morgan fingerprint density at radius 2 is 1.81 bits per heavy atom. The monoisotopic (exact) mass is 309 g/mol. The lowest BCUT2D eigenvalue weighted by molar-refractivity contribution is 0.504. The van der Waals surface area contributed by atoms with E-state index < -0.39 is 21.7 Å². The summed E-state index contributed by atoms with van der Waals surface area (Å²) in [5.41, 5.74) is 1.52. The van der Waals surface area contributed by atoms with Crippen LogP contribution in [0.15, 0.2) is 47.4 Å². The minimum absolute atomic E-state index is 0.245. The van der Waals surface area contributed by atoms with Gasteiger partial charge in [0, 0.05) is 6.04 Å². The van der Waals surface area contributed by atoms with E-state index in [1.54, 1.807) is 19.1 Å². The van der Waals surface area contributed by atoms with Crippen LogP contribution in [-0.4, -0.2) is 14.5 Å². The van der Waals surface area contributed by atoms with E-state index in [1.807, 2.05) is 12.1 Å². The van der Waals surface area contributed by atoms with Crippen LogP contribution in [0.5, 0.6) is 0 Å². The number of hydrogen-bond acceptors (Lipinski definition) is 2. The molecule has 0 N–H and O–H groups in total. The molecular weight excluding hydrogens is 296 g/mol. The molecule has 1 heterocycles. The average Bonchev–Trinajstić information content (AvgIpc) is 2.78. The van der Waals surface area contributed by atoms with Gasteiger partial charge in [-0.1, -0.05) is 18.2 Å². The van der Waals surface area contributed by atoms with Crippen molar-refractivity contribution in [3.8, 4) is 0 Å². The molecule has 1 atom stereocenters. The van der Waals surface area contributed by atoms with Crippen LogP contribution in [0.3, 0.4) is 0 Å². The van der Waals surface area contributed by atoms with Crippen molar-refractivity contribution in [3.63, 3.8) is 0 Å². The maximum Gasteiger partial charge on any atom is 0.264 e. The Balaban J connectivity index is 2.12. The SMILES string of the molecule is CC1Cc2ccccc2N1S(=O)(=O)c1ccc(F)c(F)c1. The average molecular weight is 309 g/mol. The van der Waals surface area contributed by atoms with Gasteiger partial charge in [-0.3, -0.25) is 4.31 Å². The topological polar surface area (TPSA) is 37.4 Å². The maximum absolute atomic E-state index is 13.3. The molecule has 0 saturated carbocycles. The third kappa shape index (κ3) is 2.19. The third-order valence-electron chi connectivity index (χ3n) is 3.59. The van der Waals surface area contributed by atoms with Gasteiger partial charge >= 0.3 is 0 Å². The van der Waals surface area contributed by atoms with Crippen LogP contribution < -0.4 is 4.31 Å². The predicted octanol–water partition coefficient (Wildman–Crippen LogP) is 3.10. The highest BCUT2D eigenvalue weighted by Gasteiger charge is 2.36. The molecule has 3 nitrogen and oxygen atoms in total. The molecule has 0 saturated heterocycles. The molecule has 0 spiro atoms. The number of hydrogen-bond donors (Lipinski definition) is 0. The quantitative estimate of drug-likeness (QED) is 0.855. The summed E-state index contributed by atoms with van der Waals surface area (Å²) in [5, 5.41) is 0. The van der Waals surface area contributed by atoms with Crippen molar-refractivity contribution in [1.29, 1.82) is 0 Å². The molecular formula is C15H13F2NO2S. The van der Waals surface area contributed by atoms with Gasteiger partial charge in [-0.15, -0.1) is 0 Å². The van der Waals surface area contributed by atoms with E-state index in [0.717, 1.165) is 23.8 Å². The Kier molecular flexibility index (Phi) is 3.20. The molecule has 0 aliphatic carbocycles. The lowest BCUT2D eigenvalue weighted by Gasteiger charge is -2.24. The van der Waals surface area contributed by atoms with E-state index in [1.165, 1.54) is 4.31 Å². The van der Waals surface area contributed by atoms with Crippen LogP contribution in [0.1, 0.15) is 12.5 Å². The Bertz CT molecular complexity index is 805. The summed E-state index contributed by atoms with van der Waals surface area (Å²) < 4.78 is 53.0. The van der Waals surface area contributed by atoms with Gasteiger partial charge in [0.2, 0.25) is 0 Å². The normalized spacial score (nSPS) is 17.9. The largest absolute Gasteiger partial charge is 0.264 e. The number of benzene rings is 2. The summed E-state index contributed by atoms with van der Waals surface area (Å²) in [5.74, 6) is -2.24. The van der Waals surface area contributed by atoms with Crippen molar-refractivity contribution in [1.82, 2.24) is 0 Å². The third-order valence-corrected chi connectivity index (χ3v) is 5.52. The van der Waals surface area contributed by atoms with Gasteiger partial charge < -0.3 is 0 Å². The van der Waals surface area contributed by atoms with E-state index in [-0.39, 0.29) is 10.9 Å². The summed E-state index contributed by atoms with van der Waals surface area (Å²) >= 11 is 0. The van der Waals surface area contributed by atoms with Crippen molar-refractivity contribution in [2.45, 2.75) is 24.3 Å². The van der Waals surface area contributed by atoms with Crippen molar-refractivity contribution < 1.29 is 17.2 Å². The standard InChI is InChI=1S/C15H13F2NO2S/c1-10-8-11-4-2-3-5-15(11)18(10)21(19,20)12-6-7-13(16)14(17)9-12/h2-7,9-10H,8H2,1H3. The number of halogens is 2. The fraction of sp³-hybridized carbons (Fsp3) is 0.200. The number of nitrogens with zero attached hydrogens (tertiary/aromatic N) is 1. The van der Waals surface area contributed by atoms with E-state index in [9.17, 15) is 17.2 Å². The molecule has 110 valence electrons. The molecule has 1 aliphatic heterocycles. The smallest absolute Gasteiger partial charge is 0.263 e. The lowest BCUT2D eigenvalue weighted by atomic mass is 10.1. The van der Waals surface area contributed by atoms with Crippen LogP contribution in [0.4, 0.5) is 14.5 Å². The Morgan fingerprint density at radius 3 is 2.52 bits per heavy atom. The lowest BCUT2D eigenvalue weighted by Crippen LogP contribution is -2.35. The minimum atomic E-state index is -3.91. The molecule has 6 heteroatoms. The number of anilines is 1. The second-order valence-electron chi connectivity index (χ2n) is 5.06. The first-order chi connectivity index (χ1) is 9.91. The van der Waals surface area contributed by atoms with Gasteiger partial charge in [0.15, 0.2) is 11.6 Å². The van der Waals surface area contributed by atoms with Crippen LogP contribution >= 0.6 is 0 Å². The maximum atomic E-state index is 13.3. The van der Waals surface area contributed by atoms with Crippen LogP contribution in [-0.2, 0) is 16.4 Å². The first-order valence-electron chi connectivity index (χ1n) is 6.48. The number of para-hydroxylation sites is 1. The zero-order valence-corrected chi connectivity index (χ0v) is 12.1. The molecule has 0 radical (unpaired) electrons. The summed E-state index contributed by atoms with van der Waals surface area (Å²) in [6, 6.07) is 9.56. The Morgan fingerprint density at radius 1 is 1.10 bits per heavy atom. The number of sulfonamides is 1. The van der Waals surface area contributed by atoms with Crippen LogP contribution in [0.2, 0.25) is 0 Å². The molecule has 0 aromatic heterocycles. The molecule has 0 bridgehead atoms. The van der Waals surface area contributed by atoms with Gasteiger partial charge in [0.1, 0.15) is 0 Å².